The van der Waals surface area contributed by atoms with Gasteiger partial charge in [-0.25, -0.2) is 0 Å². The fourth-order valence-electron chi connectivity index (χ4n) is 2.63. The standard InChI is InChI=1S/C18H18N2O3S2/c21-17(14-7-9-15(10-8-14)20(22)23)19-16(13-5-2-1-3-6-13)18-24-11-4-12-25-18/h1-3,5-10,16,18H,4,11-12H2,(H,19,21). The first-order chi connectivity index (χ1) is 12.1. The summed E-state index contributed by atoms with van der Waals surface area (Å²) in [6.07, 6.45) is 1.18. The maximum absolute atomic E-state index is 12.7. The van der Waals surface area contributed by atoms with Crippen LogP contribution in [-0.2, 0) is 0 Å². The summed E-state index contributed by atoms with van der Waals surface area (Å²) in [5, 5.41) is 13.9. The summed E-state index contributed by atoms with van der Waals surface area (Å²) in [6.45, 7) is 0. The van der Waals surface area contributed by atoms with Crippen LogP contribution in [0.2, 0.25) is 0 Å². The number of rotatable bonds is 5. The van der Waals surface area contributed by atoms with Gasteiger partial charge in [0.05, 0.1) is 15.5 Å². The molecule has 1 aliphatic rings. The Bertz CT molecular complexity index is 732. The molecule has 7 heteroatoms. The summed E-state index contributed by atoms with van der Waals surface area (Å²) >= 11 is 3.74. The van der Waals surface area contributed by atoms with Crippen molar-refractivity contribution in [3.8, 4) is 0 Å². The van der Waals surface area contributed by atoms with E-state index in [9.17, 15) is 14.9 Å². The van der Waals surface area contributed by atoms with Crippen LogP contribution in [0.15, 0.2) is 54.6 Å². The van der Waals surface area contributed by atoms with E-state index < -0.39 is 4.92 Å². The number of amides is 1. The van der Waals surface area contributed by atoms with Gasteiger partial charge in [-0.3, -0.25) is 14.9 Å². The lowest BCUT2D eigenvalue weighted by Gasteiger charge is -2.30. The third-order valence-corrected chi connectivity index (χ3v) is 6.98. The highest BCUT2D eigenvalue weighted by molar-refractivity contribution is 8.17. The van der Waals surface area contributed by atoms with Crippen molar-refractivity contribution in [3.63, 3.8) is 0 Å². The Morgan fingerprint density at radius 1 is 1.08 bits per heavy atom. The van der Waals surface area contributed by atoms with Gasteiger partial charge < -0.3 is 5.32 Å². The Kier molecular flexibility index (Phi) is 5.99. The second kappa shape index (κ2) is 8.40. The van der Waals surface area contributed by atoms with E-state index in [0.717, 1.165) is 17.1 Å². The third-order valence-electron chi connectivity index (χ3n) is 3.91. The first-order valence-electron chi connectivity index (χ1n) is 7.98. The van der Waals surface area contributed by atoms with Crippen molar-refractivity contribution in [1.29, 1.82) is 0 Å². The van der Waals surface area contributed by atoms with E-state index in [0.29, 0.717) is 5.56 Å². The Hall–Kier alpha value is -1.99. The molecule has 0 aromatic heterocycles. The predicted molar refractivity (Wildman–Crippen MR) is 103 cm³/mol. The fourth-order valence-corrected chi connectivity index (χ4v) is 5.69. The Labute approximate surface area is 154 Å². The molecule has 2 aromatic carbocycles. The molecule has 2 aromatic rings. The van der Waals surface area contributed by atoms with E-state index in [4.69, 9.17) is 0 Å². The molecule has 1 unspecified atom stereocenters. The van der Waals surface area contributed by atoms with Crippen LogP contribution in [0.25, 0.3) is 0 Å². The second-order valence-electron chi connectivity index (χ2n) is 5.63. The van der Waals surface area contributed by atoms with E-state index in [2.05, 4.69) is 5.32 Å². The van der Waals surface area contributed by atoms with Gasteiger partial charge in [-0.15, -0.1) is 23.5 Å². The van der Waals surface area contributed by atoms with Gasteiger partial charge in [-0.2, -0.15) is 0 Å². The molecule has 0 spiro atoms. The fraction of sp³-hybridized carbons (Fsp3) is 0.278. The molecule has 25 heavy (non-hydrogen) atoms. The van der Waals surface area contributed by atoms with Crippen LogP contribution < -0.4 is 5.32 Å². The van der Waals surface area contributed by atoms with E-state index >= 15 is 0 Å². The van der Waals surface area contributed by atoms with Crippen molar-refractivity contribution >= 4 is 35.1 Å². The van der Waals surface area contributed by atoms with Gasteiger partial charge in [0.25, 0.3) is 11.6 Å². The number of nitro benzene ring substituents is 1. The van der Waals surface area contributed by atoms with Crippen LogP contribution in [0.3, 0.4) is 0 Å². The molecular weight excluding hydrogens is 356 g/mol. The average Bonchev–Trinajstić information content (AvgIpc) is 2.67. The monoisotopic (exact) mass is 374 g/mol. The number of carbonyl (C=O) groups is 1. The molecule has 0 aliphatic carbocycles. The first kappa shape index (κ1) is 17.8. The number of non-ortho nitro benzene ring substituents is 1. The number of hydrogen-bond donors (Lipinski definition) is 1. The molecular formula is C18H18N2O3S2. The lowest BCUT2D eigenvalue weighted by molar-refractivity contribution is -0.384. The van der Waals surface area contributed by atoms with E-state index in [1.54, 1.807) is 0 Å². The molecule has 0 saturated carbocycles. The molecule has 1 amide bonds. The highest BCUT2D eigenvalue weighted by atomic mass is 32.2. The van der Waals surface area contributed by atoms with E-state index in [1.165, 1.54) is 30.7 Å². The molecule has 1 aliphatic heterocycles. The molecule has 130 valence electrons. The van der Waals surface area contributed by atoms with Crippen molar-refractivity contribution in [3.05, 3.63) is 75.8 Å². The van der Waals surface area contributed by atoms with Gasteiger partial charge in [0.2, 0.25) is 0 Å². The van der Waals surface area contributed by atoms with Gasteiger partial charge in [0.15, 0.2) is 0 Å². The number of hydrogen-bond acceptors (Lipinski definition) is 5. The van der Waals surface area contributed by atoms with Crippen LogP contribution >= 0.6 is 23.5 Å². The van der Waals surface area contributed by atoms with Crippen molar-refractivity contribution in [2.45, 2.75) is 17.0 Å². The summed E-state index contributed by atoms with van der Waals surface area (Å²) in [5.74, 6) is 1.97. The maximum atomic E-state index is 12.7. The number of carbonyl (C=O) groups excluding carboxylic acids is 1. The zero-order valence-corrected chi connectivity index (χ0v) is 15.1. The SMILES string of the molecule is O=C(NC(c1ccccc1)C1SCCCS1)c1ccc([N+](=O)[O-])cc1. The summed E-state index contributed by atoms with van der Waals surface area (Å²) < 4.78 is 0.262. The molecule has 1 atom stereocenters. The van der Waals surface area contributed by atoms with E-state index in [1.807, 2.05) is 53.9 Å². The molecule has 0 bridgehead atoms. The summed E-state index contributed by atoms with van der Waals surface area (Å²) in [6, 6.07) is 15.6. The van der Waals surface area contributed by atoms with Crippen molar-refractivity contribution < 1.29 is 9.72 Å². The van der Waals surface area contributed by atoms with Crippen LogP contribution in [0, 0.1) is 10.1 Å². The maximum Gasteiger partial charge on any atom is 0.269 e. The van der Waals surface area contributed by atoms with Crippen molar-refractivity contribution in [1.82, 2.24) is 5.32 Å². The summed E-state index contributed by atoms with van der Waals surface area (Å²) in [5.41, 5.74) is 1.48. The Morgan fingerprint density at radius 2 is 1.72 bits per heavy atom. The normalized spacial score (nSPS) is 16.2. The zero-order chi connectivity index (χ0) is 17.6. The highest BCUT2D eigenvalue weighted by Gasteiger charge is 2.28. The second-order valence-corrected chi connectivity index (χ2v) is 8.43. The zero-order valence-electron chi connectivity index (χ0n) is 13.5. The van der Waals surface area contributed by atoms with Gasteiger partial charge in [0, 0.05) is 17.7 Å². The van der Waals surface area contributed by atoms with Gasteiger partial charge in [-0.05, 0) is 35.6 Å². The van der Waals surface area contributed by atoms with Gasteiger partial charge in [-0.1, -0.05) is 30.3 Å². The summed E-state index contributed by atoms with van der Waals surface area (Å²) in [4.78, 5) is 22.9. The van der Waals surface area contributed by atoms with E-state index in [-0.39, 0.29) is 22.2 Å². The van der Waals surface area contributed by atoms with Gasteiger partial charge in [0.1, 0.15) is 0 Å². The topological polar surface area (TPSA) is 72.2 Å². The van der Waals surface area contributed by atoms with Crippen LogP contribution in [-0.4, -0.2) is 26.9 Å². The van der Waals surface area contributed by atoms with Crippen LogP contribution in [0.4, 0.5) is 5.69 Å². The third kappa shape index (κ3) is 4.55. The smallest absolute Gasteiger partial charge is 0.269 e. The van der Waals surface area contributed by atoms with Crippen molar-refractivity contribution in [2.75, 3.05) is 11.5 Å². The van der Waals surface area contributed by atoms with Crippen LogP contribution in [0.5, 0.6) is 0 Å². The van der Waals surface area contributed by atoms with Gasteiger partial charge >= 0.3 is 0 Å². The Morgan fingerprint density at radius 3 is 2.32 bits per heavy atom. The molecule has 3 rings (SSSR count). The Balaban J connectivity index is 1.79. The molecule has 5 nitrogen and oxygen atoms in total. The minimum Gasteiger partial charge on any atom is -0.343 e. The minimum absolute atomic E-state index is 0.0189. The first-order valence-corrected chi connectivity index (χ1v) is 10.1. The number of nitrogens with zero attached hydrogens (tertiary/aromatic N) is 1. The average molecular weight is 374 g/mol. The highest BCUT2D eigenvalue weighted by Crippen LogP contribution is 2.39. The summed E-state index contributed by atoms with van der Waals surface area (Å²) in [7, 11) is 0. The number of thioether (sulfide) groups is 2. The number of nitrogens with one attached hydrogen (secondary N) is 1. The molecule has 1 heterocycles. The quantitative estimate of drug-likeness (QED) is 0.625. The molecule has 1 N–H and O–H groups in total. The lowest BCUT2D eigenvalue weighted by atomic mass is 10.1. The molecule has 1 fully saturated rings. The lowest BCUT2D eigenvalue weighted by Crippen LogP contribution is -2.35. The number of nitro groups is 1. The predicted octanol–water partition coefficient (Wildman–Crippen LogP) is 4.26. The van der Waals surface area contributed by atoms with Crippen LogP contribution in [0.1, 0.15) is 28.4 Å². The largest absolute Gasteiger partial charge is 0.343 e. The molecule has 0 radical (unpaired) electrons. The number of benzene rings is 2. The minimum atomic E-state index is -0.468. The molecule has 1 saturated heterocycles. The van der Waals surface area contributed by atoms with Crippen molar-refractivity contribution in [2.24, 2.45) is 0 Å².